The zero-order valence-corrected chi connectivity index (χ0v) is 10.2. The Bertz CT molecular complexity index is 477. The Morgan fingerprint density at radius 2 is 2.33 bits per heavy atom. The van der Waals surface area contributed by atoms with Crippen molar-refractivity contribution in [1.29, 1.82) is 0 Å². The Labute approximate surface area is 105 Å². The molecule has 0 bridgehead atoms. The number of oxime groups is 1. The van der Waals surface area contributed by atoms with Crippen LogP contribution in [0.15, 0.2) is 23.5 Å². The summed E-state index contributed by atoms with van der Waals surface area (Å²) < 4.78 is 0. The van der Waals surface area contributed by atoms with E-state index >= 15 is 0 Å². The topological polar surface area (TPSA) is 101 Å². The Balaban J connectivity index is 1.98. The maximum Gasteiger partial charge on any atom is 0.269 e. The molecule has 18 heavy (non-hydrogen) atoms. The van der Waals surface area contributed by atoms with Gasteiger partial charge in [0.15, 0.2) is 5.84 Å². The van der Waals surface area contributed by atoms with E-state index in [1.54, 1.807) is 12.1 Å². The predicted octanol–water partition coefficient (Wildman–Crippen LogP) is 0.706. The number of carbonyl (C=O) groups is 1. The maximum atomic E-state index is 11.8. The van der Waals surface area contributed by atoms with Gasteiger partial charge in [0.2, 0.25) is 0 Å². The van der Waals surface area contributed by atoms with Gasteiger partial charge in [0, 0.05) is 18.3 Å². The fourth-order valence-corrected chi connectivity index (χ4v) is 1.51. The molecule has 1 saturated carbocycles. The van der Waals surface area contributed by atoms with Crippen LogP contribution in [0.1, 0.15) is 35.8 Å². The predicted molar refractivity (Wildman–Crippen MR) is 66.4 cm³/mol. The zero-order valence-electron chi connectivity index (χ0n) is 10.2. The van der Waals surface area contributed by atoms with Crippen LogP contribution in [0.2, 0.25) is 0 Å². The fourth-order valence-electron chi connectivity index (χ4n) is 1.51. The molecule has 6 heteroatoms. The maximum absolute atomic E-state index is 11.8. The minimum Gasteiger partial charge on any atom is -0.409 e. The van der Waals surface area contributed by atoms with Gasteiger partial charge in [0.25, 0.3) is 5.91 Å². The normalized spacial score (nSPS) is 17.3. The standard InChI is InChI=1S/C12H16N4O2/c1-12(4-5-12)7-15-11(17)9-3-2-8(6-14-9)10(13)16-18/h2-3,6,18H,4-5,7H2,1H3,(H2,13,16)(H,15,17). The highest BCUT2D eigenvalue weighted by molar-refractivity contribution is 5.98. The average Bonchev–Trinajstić information content (AvgIpc) is 3.14. The summed E-state index contributed by atoms with van der Waals surface area (Å²) in [5.74, 6) is -0.228. The lowest BCUT2D eigenvalue weighted by Crippen LogP contribution is -2.29. The number of nitrogens with two attached hydrogens (primary N) is 1. The second-order valence-electron chi connectivity index (χ2n) is 4.91. The molecule has 0 aromatic carbocycles. The molecule has 1 heterocycles. The number of nitrogens with zero attached hydrogens (tertiary/aromatic N) is 2. The van der Waals surface area contributed by atoms with Crippen LogP contribution < -0.4 is 11.1 Å². The van der Waals surface area contributed by atoms with E-state index in [1.165, 1.54) is 6.20 Å². The van der Waals surface area contributed by atoms with Crippen LogP contribution in [-0.2, 0) is 0 Å². The molecule has 0 unspecified atom stereocenters. The third-order valence-corrected chi connectivity index (χ3v) is 3.18. The molecular formula is C12H16N4O2. The van der Waals surface area contributed by atoms with Gasteiger partial charge < -0.3 is 16.3 Å². The number of pyridine rings is 1. The summed E-state index contributed by atoms with van der Waals surface area (Å²) in [6.07, 6.45) is 3.72. The van der Waals surface area contributed by atoms with Crippen molar-refractivity contribution in [1.82, 2.24) is 10.3 Å². The molecule has 0 spiro atoms. The molecule has 0 saturated heterocycles. The van der Waals surface area contributed by atoms with E-state index < -0.39 is 0 Å². The number of hydrogen-bond donors (Lipinski definition) is 3. The van der Waals surface area contributed by atoms with E-state index in [0.29, 0.717) is 17.8 Å². The molecule has 1 aliphatic carbocycles. The van der Waals surface area contributed by atoms with Crippen molar-refractivity contribution >= 4 is 11.7 Å². The lowest BCUT2D eigenvalue weighted by molar-refractivity contribution is 0.0941. The number of aromatic nitrogens is 1. The van der Waals surface area contributed by atoms with E-state index in [-0.39, 0.29) is 17.2 Å². The molecule has 0 radical (unpaired) electrons. The summed E-state index contributed by atoms with van der Waals surface area (Å²) in [6, 6.07) is 3.15. The van der Waals surface area contributed by atoms with Crippen LogP contribution >= 0.6 is 0 Å². The Hall–Kier alpha value is -2.11. The van der Waals surface area contributed by atoms with Crippen LogP contribution in [-0.4, -0.2) is 28.5 Å². The number of amides is 1. The van der Waals surface area contributed by atoms with Crippen LogP contribution in [0.3, 0.4) is 0 Å². The number of nitrogens with one attached hydrogen (secondary N) is 1. The van der Waals surface area contributed by atoms with Crippen molar-refractivity contribution < 1.29 is 10.0 Å². The van der Waals surface area contributed by atoms with Gasteiger partial charge in [-0.25, -0.2) is 0 Å². The SMILES string of the molecule is CC1(CNC(=O)c2ccc(/C(N)=N/O)cn2)CC1. The van der Waals surface area contributed by atoms with Crippen LogP contribution in [0.25, 0.3) is 0 Å². The molecule has 1 aromatic rings. The summed E-state index contributed by atoms with van der Waals surface area (Å²) in [6.45, 7) is 2.82. The van der Waals surface area contributed by atoms with Crippen LogP contribution in [0.4, 0.5) is 0 Å². The van der Waals surface area contributed by atoms with E-state index in [1.807, 2.05) is 0 Å². The van der Waals surface area contributed by atoms with Gasteiger partial charge in [-0.05, 0) is 30.4 Å². The summed E-state index contributed by atoms with van der Waals surface area (Å²) in [4.78, 5) is 15.8. The number of amidine groups is 1. The second kappa shape index (κ2) is 4.64. The second-order valence-corrected chi connectivity index (χ2v) is 4.91. The molecule has 96 valence electrons. The lowest BCUT2D eigenvalue weighted by Gasteiger charge is -2.09. The van der Waals surface area contributed by atoms with Crippen molar-refractivity contribution in [2.45, 2.75) is 19.8 Å². The van der Waals surface area contributed by atoms with Crippen LogP contribution in [0, 0.1) is 5.41 Å². The van der Waals surface area contributed by atoms with Gasteiger partial charge in [-0.2, -0.15) is 0 Å². The van der Waals surface area contributed by atoms with Crippen molar-refractivity contribution in [3.05, 3.63) is 29.6 Å². The highest BCUT2D eigenvalue weighted by atomic mass is 16.4. The molecule has 2 rings (SSSR count). The molecular weight excluding hydrogens is 232 g/mol. The third kappa shape index (κ3) is 2.77. The zero-order chi connectivity index (χ0) is 13.2. The highest BCUT2D eigenvalue weighted by Gasteiger charge is 2.37. The van der Waals surface area contributed by atoms with Crippen LogP contribution in [0.5, 0.6) is 0 Å². The Morgan fingerprint density at radius 1 is 1.61 bits per heavy atom. The largest absolute Gasteiger partial charge is 0.409 e. The molecule has 1 amide bonds. The van der Waals surface area contributed by atoms with Gasteiger partial charge in [-0.15, -0.1) is 0 Å². The van der Waals surface area contributed by atoms with Gasteiger partial charge in [-0.1, -0.05) is 12.1 Å². The van der Waals surface area contributed by atoms with Crippen molar-refractivity contribution in [3.8, 4) is 0 Å². The van der Waals surface area contributed by atoms with Gasteiger partial charge >= 0.3 is 0 Å². The highest BCUT2D eigenvalue weighted by Crippen LogP contribution is 2.44. The van der Waals surface area contributed by atoms with E-state index in [2.05, 4.69) is 22.4 Å². The third-order valence-electron chi connectivity index (χ3n) is 3.18. The summed E-state index contributed by atoms with van der Waals surface area (Å²) >= 11 is 0. The number of rotatable bonds is 4. The first-order chi connectivity index (χ1) is 8.54. The Kier molecular flexibility index (Phi) is 3.18. The summed E-state index contributed by atoms with van der Waals surface area (Å²) in [5.41, 5.74) is 6.47. The Morgan fingerprint density at radius 3 is 2.83 bits per heavy atom. The summed E-state index contributed by atoms with van der Waals surface area (Å²) in [7, 11) is 0. The molecule has 4 N–H and O–H groups in total. The number of hydrogen-bond acceptors (Lipinski definition) is 4. The first kappa shape index (κ1) is 12.3. The average molecular weight is 248 g/mol. The van der Waals surface area contributed by atoms with Gasteiger partial charge in [-0.3, -0.25) is 9.78 Å². The quantitative estimate of drug-likeness (QED) is 0.316. The molecule has 1 aromatic heterocycles. The number of carbonyl (C=O) groups excluding carboxylic acids is 1. The van der Waals surface area contributed by atoms with E-state index in [4.69, 9.17) is 10.9 Å². The van der Waals surface area contributed by atoms with E-state index in [9.17, 15) is 4.79 Å². The van der Waals surface area contributed by atoms with Gasteiger partial charge in [0.1, 0.15) is 5.69 Å². The van der Waals surface area contributed by atoms with E-state index in [0.717, 1.165) is 12.8 Å². The molecule has 6 nitrogen and oxygen atoms in total. The first-order valence-corrected chi connectivity index (χ1v) is 5.76. The van der Waals surface area contributed by atoms with Crippen molar-refractivity contribution in [3.63, 3.8) is 0 Å². The van der Waals surface area contributed by atoms with Crippen molar-refractivity contribution in [2.24, 2.45) is 16.3 Å². The first-order valence-electron chi connectivity index (χ1n) is 5.76. The minimum atomic E-state index is -0.200. The van der Waals surface area contributed by atoms with Crippen molar-refractivity contribution in [2.75, 3.05) is 6.54 Å². The lowest BCUT2D eigenvalue weighted by atomic mass is 10.1. The summed E-state index contributed by atoms with van der Waals surface area (Å²) in [5, 5.41) is 14.2. The molecule has 1 fully saturated rings. The van der Waals surface area contributed by atoms with Gasteiger partial charge in [0.05, 0.1) is 0 Å². The minimum absolute atomic E-state index is 0.0278. The smallest absolute Gasteiger partial charge is 0.269 e. The monoisotopic (exact) mass is 248 g/mol. The molecule has 0 atom stereocenters. The molecule has 1 aliphatic rings. The fraction of sp³-hybridized carbons (Fsp3) is 0.417. The molecule has 0 aliphatic heterocycles.